The van der Waals surface area contributed by atoms with Crippen LogP contribution >= 0.6 is 22.6 Å². The lowest BCUT2D eigenvalue weighted by Gasteiger charge is -2.28. The molecule has 0 aromatic carbocycles. The highest BCUT2D eigenvalue weighted by atomic mass is 127. The Morgan fingerprint density at radius 1 is 1.57 bits per heavy atom. The van der Waals surface area contributed by atoms with E-state index in [1.54, 1.807) is 31.7 Å². The zero-order valence-electron chi connectivity index (χ0n) is 13.5. The van der Waals surface area contributed by atoms with Crippen LogP contribution in [0.25, 0.3) is 0 Å². The van der Waals surface area contributed by atoms with Crippen LogP contribution in [0.3, 0.4) is 0 Å². The van der Waals surface area contributed by atoms with Crippen LogP contribution in [0.15, 0.2) is 22.3 Å². The first-order valence-corrected chi connectivity index (χ1v) is 8.48. The van der Waals surface area contributed by atoms with E-state index in [0.717, 1.165) is 3.58 Å². The first-order valence-electron chi connectivity index (χ1n) is 7.40. The summed E-state index contributed by atoms with van der Waals surface area (Å²) in [6.45, 7) is 10.1. The summed E-state index contributed by atoms with van der Waals surface area (Å²) in [6, 6.07) is -0.507. The molecule has 128 valence electrons. The van der Waals surface area contributed by atoms with Gasteiger partial charge in [-0.2, -0.15) is 5.06 Å². The zero-order chi connectivity index (χ0) is 17.2. The SMILES string of the molecule is C=CCON1C(=O)N2C[C@H]1C(I)=C[C@H]2CNC(=O)OC(C)(C)C. The minimum absolute atomic E-state index is 0.0965. The molecule has 2 heterocycles. The third-order valence-electron chi connectivity index (χ3n) is 3.34. The van der Waals surface area contributed by atoms with Crippen molar-refractivity contribution < 1.29 is 19.2 Å². The molecule has 2 rings (SSSR count). The minimum Gasteiger partial charge on any atom is -0.444 e. The number of nitrogens with zero attached hydrogens (tertiary/aromatic N) is 2. The molecule has 0 spiro atoms. The maximum absolute atomic E-state index is 12.4. The molecule has 0 unspecified atom stereocenters. The normalized spacial score (nSPS) is 23.7. The van der Waals surface area contributed by atoms with E-state index in [2.05, 4.69) is 34.5 Å². The van der Waals surface area contributed by atoms with Crippen molar-refractivity contribution in [1.82, 2.24) is 15.3 Å². The molecule has 8 heteroatoms. The molecule has 2 atom stereocenters. The first kappa shape index (κ1) is 18.1. The first-order chi connectivity index (χ1) is 10.7. The van der Waals surface area contributed by atoms with Gasteiger partial charge in [-0.1, -0.05) is 6.08 Å². The van der Waals surface area contributed by atoms with E-state index in [-0.39, 0.29) is 24.7 Å². The molecule has 2 bridgehead atoms. The van der Waals surface area contributed by atoms with Gasteiger partial charge in [0.15, 0.2) is 0 Å². The van der Waals surface area contributed by atoms with Crippen LogP contribution in [0.1, 0.15) is 20.8 Å². The predicted molar refractivity (Wildman–Crippen MR) is 94.0 cm³/mol. The van der Waals surface area contributed by atoms with Crippen molar-refractivity contribution in [2.24, 2.45) is 0 Å². The van der Waals surface area contributed by atoms with E-state index < -0.39 is 11.7 Å². The maximum atomic E-state index is 12.4. The third kappa shape index (κ3) is 4.37. The van der Waals surface area contributed by atoms with Gasteiger partial charge >= 0.3 is 12.1 Å². The summed E-state index contributed by atoms with van der Waals surface area (Å²) < 4.78 is 6.23. The van der Waals surface area contributed by atoms with Gasteiger partial charge in [0.25, 0.3) is 0 Å². The van der Waals surface area contributed by atoms with Crippen molar-refractivity contribution in [3.63, 3.8) is 0 Å². The largest absolute Gasteiger partial charge is 0.444 e. The molecule has 0 aromatic heterocycles. The van der Waals surface area contributed by atoms with Gasteiger partial charge in [0.2, 0.25) is 0 Å². The number of fused-ring (bicyclic) bond motifs is 2. The predicted octanol–water partition coefficient (Wildman–Crippen LogP) is 2.44. The van der Waals surface area contributed by atoms with Crippen LogP contribution < -0.4 is 5.32 Å². The average Bonchev–Trinajstić information content (AvgIpc) is 2.72. The summed E-state index contributed by atoms with van der Waals surface area (Å²) in [5.41, 5.74) is -0.551. The number of amides is 3. The smallest absolute Gasteiger partial charge is 0.407 e. The van der Waals surface area contributed by atoms with Gasteiger partial charge < -0.3 is 15.0 Å². The number of hydroxylamine groups is 2. The Morgan fingerprint density at radius 3 is 2.87 bits per heavy atom. The van der Waals surface area contributed by atoms with Crippen molar-refractivity contribution in [1.29, 1.82) is 0 Å². The molecular weight excluding hydrogens is 413 g/mol. The minimum atomic E-state index is -0.551. The lowest BCUT2D eigenvalue weighted by Crippen LogP contribution is -2.46. The van der Waals surface area contributed by atoms with Crippen molar-refractivity contribution >= 4 is 34.7 Å². The number of hydrogen-bond donors (Lipinski definition) is 1. The third-order valence-corrected chi connectivity index (χ3v) is 4.42. The van der Waals surface area contributed by atoms with Crippen LogP contribution in [0.2, 0.25) is 0 Å². The molecule has 0 saturated carbocycles. The van der Waals surface area contributed by atoms with E-state index in [1.807, 2.05) is 6.08 Å². The molecule has 3 amide bonds. The molecule has 23 heavy (non-hydrogen) atoms. The fourth-order valence-electron chi connectivity index (χ4n) is 2.41. The number of hydrogen-bond acceptors (Lipinski definition) is 4. The van der Waals surface area contributed by atoms with E-state index in [0.29, 0.717) is 13.1 Å². The number of alkyl carbamates (subject to hydrolysis) is 1. The number of carbonyl (C=O) groups excluding carboxylic acids is 2. The topological polar surface area (TPSA) is 71.1 Å². The number of carbonyl (C=O) groups is 2. The Balaban J connectivity index is 1.98. The lowest BCUT2D eigenvalue weighted by atomic mass is 10.1. The van der Waals surface area contributed by atoms with Gasteiger partial charge in [-0.05, 0) is 49.4 Å². The highest BCUT2D eigenvalue weighted by Crippen LogP contribution is 2.33. The molecule has 1 fully saturated rings. The van der Waals surface area contributed by atoms with Gasteiger partial charge in [-0.15, -0.1) is 6.58 Å². The summed E-state index contributed by atoms with van der Waals surface area (Å²) in [5.74, 6) is 0. The highest BCUT2D eigenvalue weighted by Gasteiger charge is 2.46. The van der Waals surface area contributed by atoms with E-state index in [1.165, 1.54) is 5.06 Å². The molecule has 1 saturated heterocycles. The van der Waals surface area contributed by atoms with E-state index >= 15 is 0 Å². The molecule has 7 nitrogen and oxygen atoms in total. The van der Waals surface area contributed by atoms with Crippen LogP contribution in [0, 0.1) is 0 Å². The summed E-state index contributed by atoms with van der Waals surface area (Å²) in [6.07, 6.45) is 3.08. The molecular formula is C15H22IN3O4. The lowest BCUT2D eigenvalue weighted by molar-refractivity contribution is -0.108. The van der Waals surface area contributed by atoms with Crippen molar-refractivity contribution in [3.05, 3.63) is 22.3 Å². The Hall–Kier alpha value is -1.29. The van der Waals surface area contributed by atoms with Gasteiger partial charge in [0.05, 0.1) is 19.2 Å². The number of rotatable bonds is 5. The number of ether oxygens (including phenoxy) is 1. The molecule has 0 radical (unpaired) electrons. The summed E-state index contributed by atoms with van der Waals surface area (Å²) in [5, 5.41) is 4.09. The summed E-state index contributed by atoms with van der Waals surface area (Å²) in [4.78, 5) is 31.3. The Bertz CT molecular complexity index is 529. The van der Waals surface area contributed by atoms with Gasteiger partial charge in [-0.3, -0.25) is 4.84 Å². The molecule has 2 aliphatic rings. The quantitative estimate of drug-likeness (QED) is 0.532. The molecule has 0 aliphatic carbocycles. The van der Waals surface area contributed by atoms with Crippen LogP contribution in [0.5, 0.6) is 0 Å². The average molecular weight is 435 g/mol. The van der Waals surface area contributed by atoms with Crippen molar-refractivity contribution in [2.45, 2.75) is 38.5 Å². The zero-order valence-corrected chi connectivity index (χ0v) is 15.7. The Kier molecular flexibility index (Phi) is 5.56. The molecule has 2 aliphatic heterocycles. The fourth-order valence-corrected chi connectivity index (χ4v) is 3.27. The number of halogens is 1. The second-order valence-corrected chi connectivity index (χ2v) is 7.61. The summed E-state index contributed by atoms with van der Waals surface area (Å²) in [7, 11) is 0. The monoisotopic (exact) mass is 435 g/mol. The van der Waals surface area contributed by atoms with Gasteiger partial charge in [0, 0.05) is 10.1 Å². The maximum Gasteiger partial charge on any atom is 0.407 e. The second kappa shape index (κ2) is 7.08. The Labute approximate surface area is 149 Å². The van der Waals surface area contributed by atoms with E-state index in [9.17, 15) is 9.59 Å². The van der Waals surface area contributed by atoms with Crippen LogP contribution in [0.4, 0.5) is 9.59 Å². The highest BCUT2D eigenvalue weighted by molar-refractivity contribution is 14.1. The second-order valence-electron chi connectivity index (χ2n) is 6.36. The van der Waals surface area contributed by atoms with Crippen LogP contribution in [-0.4, -0.2) is 59.5 Å². The summed E-state index contributed by atoms with van der Waals surface area (Å²) >= 11 is 2.21. The molecule has 1 N–H and O–H groups in total. The number of urea groups is 1. The van der Waals surface area contributed by atoms with Crippen molar-refractivity contribution in [2.75, 3.05) is 19.7 Å². The van der Waals surface area contributed by atoms with Crippen molar-refractivity contribution in [3.8, 4) is 0 Å². The van der Waals surface area contributed by atoms with Crippen LogP contribution in [-0.2, 0) is 9.57 Å². The Morgan fingerprint density at radius 2 is 2.26 bits per heavy atom. The van der Waals surface area contributed by atoms with Gasteiger partial charge in [-0.25, -0.2) is 9.59 Å². The van der Waals surface area contributed by atoms with E-state index in [4.69, 9.17) is 9.57 Å². The molecule has 0 aromatic rings. The standard InChI is InChI=1S/C15H22IN3O4/c1-5-6-22-19-12-9-18(14(19)21)10(7-11(12)16)8-17-13(20)23-15(2,3)4/h5,7,10,12H,1,6,8-9H2,2-4H3,(H,17,20)/t10-,12-/m0/s1. The van der Waals surface area contributed by atoms with Gasteiger partial charge in [0.1, 0.15) is 11.6 Å². The fraction of sp³-hybridized carbons (Fsp3) is 0.600. The number of nitrogens with one attached hydrogen (secondary N) is 1.